The summed E-state index contributed by atoms with van der Waals surface area (Å²) < 4.78 is 37.5. The Labute approximate surface area is 109 Å². The van der Waals surface area contributed by atoms with E-state index >= 15 is 0 Å². The zero-order valence-corrected chi connectivity index (χ0v) is 12.1. The topological polar surface area (TPSA) is 15.3 Å². The molecule has 0 fully saturated rings. The molecule has 0 aliphatic rings. The lowest BCUT2D eigenvalue weighted by Crippen LogP contribution is -2.46. The molecule has 0 saturated carbocycles. The molecule has 0 aromatic carbocycles. The fraction of sp³-hybridized carbons (Fsp3) is 1.00. The van der Waals surface area contributed by atoms with Gasteiger partial charge in [0.25, 0.3) is 0 Å². The third kappa shape index (κ3) is 7.93. The van der Waals surface area contributed by atoms with Crippen molar-refractivity contribution in [1.29, 1.82) is 0 Å². The van der Waals surface area contributed by atoms with Crippen molar-refractivity contribution < 1.29 is 13.2 Å². The Hall–Kier alpha value is -0.290. The number of hydrogen-bond donors (Lipinski definition) is 1. The van der Waals surface area contributed by atoms with Crippen LogP contribution in [-0.2, 0) is 0 Å². The second-order valence-corrected chi connectivity index (χ2v) is 5.32. The molecule has 0 bridgehead atoms. The molecule has 18 heavy (non-hydrogen) atoms. The lowest BCUT2D eigenvalue weighted by Gasteiger charge is -2.34. The van der Waals surface area contributed by atoms with Gasteiger partial charge in [0.2, 0.25) is 0 Å². The van der Waals surface area contributed by atoms with E-state index in [1.807, 2.05) is 27.7 Å². The van der Waals surface area contributed by atoms with Gasteiger partial charge in [0.1, 0.15) is 0 Å². The zero-order chi connectivity index (χ0) is 14.3. The summed E-state index contributed by atoms with van der Waals surface area (Å²) in [5.41, 5.74) is 0. The Bertz CT molecular complexity index is 217. The van der Waals surface area contributed by atoms with Crippen LogP contribution in [0, 0.1) is 0 Å². The van der Waals surface area contributed by atoms with E-state index < -0.39 is 12.7 Å². The summed E-state index contributed by atoms with van der Waals surface area (Å²) in [5, 5.41) is 3.31. The molecule has 2 nitrogen and oxygen atoms in total. The SMILES string of the molecule is CCCNC(C)CC(C)N(CC(F)(F)F)C(C)C. The minimum Gasteiger partial charge on any atom is -0.314 e. The number of alkyl halides is 3. The van der Waals surface area contributed by atoms with Crippen molar-refractivity contribution in [3.63, 3.8) is 0 Å². The van der Waals surface area contributed by atoms with E-state index in [1.165, 1.54) is 4.90 Å². The predicted molar refractivity (Wildman–Crippen MR) is 69.7 cm³/mol. The second-order valence-electron chi connectivity index (χ2n) is 5.32. The first-order valence-corrected chi connectivity index (χ1v) is 6.73. The van der Waals surface area contributed by atoms with Crippen LogP contribution < -0.4 is 5.32 Å². The molecule has 0 aromatic heterocycles. The largest absolute Gasteiger partial charge is 0.401 e. The normalized spacial score (nSPS) is 16.3. The Kier molecular flexibility index (Phi) is 7.87. The summed E-state index contributed by atoms with van der Waals surface area (Å²) in [4.78, 5) is 1.52. The van der Waals surface area contributed by atoms with Crippen LogP contribution in [0.4, 0.5) is 13.2 Å². The monoisotopic (exact) mass is 268 g/mol. The molecular formula is C13H27F3N2. The van der Waals surface area contributed by atoms with Gasteiger partial charge < -0.3 is 5.32 Å². The number of hydrogen-bond acceptors (Lipinski definition) is 2. The van der Waals surface area contributed by atoms with E-state index in [1.54, 1.807) is 0 Å². The standard InChI is InChI=1S/C13H27F3N2/c1-6-7-17-11(4)8-12(5)18(10(2)3)9-13(14,15)16/h10-12,17H,6-9H2,1-5H3. The fourth-order valence-electron chi connectivity index (χ4n) is 2.18. The molecular weight excluding hydrogens is 241 g/mol. The third-order valence-electron chi connectivity index (χ3n) is 3.03. The molecule has 0 spiro atoms. The van der Waals surface area contributed by atoms with Crippen LogP contribution in [0.3, 0.4) is 0 Å². The van der Waals surface area contributed by atoms with Gasteiger partial charge in [-0.05, 0) is 47.1 Å². The van der Waals surface area contributed by atoms with Crippen LogP contribution in [0.2, 0.25) is 0 Å². The molecule has 5 heteroatoms. The minimum absolute atomic E-state index is 0.0778. The maximum absolute atomic E-state index is 12.5. The van der Waals surface area contributed by atoms with E-state index in [0.29, 0.717) is 0 Å². The Morgan fingerprint density at radius 1 is 1.11 bits per heavy atom. The van der Waals surface area contributed by atoms with Crippen LogP contribution in [-0.4, -0.2) is 42.3 Å². The quantitative estimate of drug-likeness (QED) is 0.725. The molecule has 0 radical (unpaired) electrons. The average Bonchev–Trinajstić information content (AvgIpc) is 2.21. The summed E-state index contributed by atoms with van der Waals surface area (Å²) in [6.07, 6.45) is -2.36. The fourth-order valence-corrected chi connectivity index (χ4v) is 2.18. The summed E-state index contributed by atoms with van der Waals surface area (Å²) in [5.74, 6) is 0. The van der Waals surface area contributed by atoms with E-state index in [9.17, 15) is 13.2 Å². The van der Waals surface area contributed by atoms with Crippen molar-refractivity contribution in [2.45, 2.75) is 71.8 Å². The van der Waals surface area contributed by atoms with Crippen molar-refractivity contribution in [2.24, 2.45) is 0 Å². The van der Waals surface area contributed by atoms with Gasteiger partial charge >= 0.3 is 6.18 Å². The van der Waals surface area contributed by atoms with Gasteiger partial charge in [0.05, 0.1) is 6.54 Å². The zero-order valence-electron chi connectivity index (χ0n) is 12.1. The van der Waals surface area contributed by atoms with Crippen LogP contribution in [0.1, 0.15) is 47.5 Å². The molecule has 1 N–H and O–H groups in total. The molecule has 2 atom stereocenters. The Morgan fingerprint density at radius 3 is 2.06 bits per heavy atom. The maximum Gasteiger partial charge on any atom is 0.401 e. The Balaban J connectivity index is 4.34. The number of nitrogens with one attached hydrogen (secondary N) is 1. The van der Waals surface area contributed by atoms with Crippen LogP contribution >= 0.6 is 0 Å². The molecule has 0 aromatic rings. The first-order valence-electron chi connectivity index (χ1n) is 6.73. The highest BCUT2D eigenvalue weighted by Crippen LogP contribution is 2.21. The van der Waals surface area contributed by atoms with Crippen LogP contribution in [0.5, 0.6) is 0 Å². The van der Waals surface area contributed by atoms with Gasteiger partial charge in [-0.2, -0.15) is 13.2 Å². The van der Waals surface area contributed by atoms with E-state index in [2.05, 4.69) is 12.2 Å². The van der Waals surface area contributed by atoms with Gasteiger partial charge in [-0.15, -0.1) is 0 Å². The van der Waals surface area contributed by atoms with Gasteiger partial charge in [0.15, 0.2) is 0 Å². The number of rotatable bonds is 8. The highest BCUT2D eigenvalue weighted by molar-refractivity contribution is 4.77. The molecule has 0 saturated heterocycles. The number of halogens is 3. The first-order chi connectivity index (χ1) is 8.17. The van der Waals surface area contributed by atoms with Crippen LogP contribution in [0.15, 0.2) is 0 Å². The second kappa shape index (κ2) is 8.00. The lowest BCUT2D eigenvalue weighted by molar-refractivity contribution is -0.155. The molecule has 0 aliphatic heterocycles. The van der Waals surface area contributed by atoms with Crippen molar-refractivity contribution >= 4 is 0 Å². The lowest BCUT2D eigenvalue weighted by atomic mass is 10.1. The van der Waals surface area contributed by atoms with Crippen LogP contribution in [0.25, 0.3) is 0 Å². The third-order valence-corrected chi connectivity index (χ3v) is 3.03. The highest BCUT2D eigenvalue weighted by atomic mass is 19.4. The first kappa shape index (κ1) is 17.7. The van der Waals surface area contributed by atoms with E-state index in [-0.39, 0.29) is 18.1 Å². The van der Waals surface area contributed by atoms with Gasteiger partial charge in [-0.25, -0.2) is 0 Å². The average molecular weight is 268 g/mol. The van der Waals surface area contributed by atoms with Crippen molar-refractivity contribution in [2.75, 3.05) is 13.1 Å². The highest BCUT2D eigenvalue weighted by Gasteiger charge is 2.34. The molecule has 0 rings (SSSR count). The maximum atomic E-state index is 12.5. The number of nitrogens with zero attached hydrogens (tertiary/aromatic N) is 1. The molecule has 2 unspecified atom stereocenters. The minimum atomic E-state index is -4.13. The van der Waals surface area contributed by atoms with Crippen molar-refractivity contribution in [3.05, 3.63) is 0 Å². The molecule has 0 aliphatic carbocycles. The van der Waals surface area contributed by atoms with Crippen molar-refractivity contribution in [3.8, 4) is 0 Å². The van der Waals surface area contributed by atoms with Gasteiger partial charge in [-0.3, -0.25) is 4.90 Å². The van der Waals surface area contributed by atoms with Crippen molar-refractivity contribution in [1.82, 2.24) is 10.2 Å². The van der Waals surface area contributed by atoms with E-state index in [0.717, 1.165) is 19.4 Å². The molecule has 110 valence electrons. The summed E-state index contributed by atoms with van der Waals surface area (Å²) in [6, 6.07) is 0.0698. The van der Waals surface area contributed by atoms with E-state index in [4.69, 9.17) is 0 Å². The molecule has 0 amide bonds. The summed E-state index contributed by atoms with van der Waals surface area (Å²) in [7, 11) is 0. The molecule has 0 heterocycles. The van der Waals surface area contributed by atoms with Gasteiger partial charge in [-0.1, -0.05) is 6.92 Å². The smallest absolute Gasteiger partial charge is 0.314 e. The summed E-state index contributed by atoms with van der Waals surface area (Å²) >= 11 is 0. The Morgan fingerprint density at radius 2 is 1.67 bits per heavy atom. The predicted octanol–water partition coefficient (Wildman–Crippen LogP) is 3.43. The summed E-state index contributed by atoms with van der Waals surface area (Å²) in [6.45, 7) is 9.68. The van der Waals surface area contributed by atoms with Gasteiger partial charge in [0, 0.05) is 18.1 Å².